The van der Waals surface area contributed by atoms with Gasteiger partial charge in [-0.15, -0.1) is 0 Å². The first-order chi connectivity index (χ1) is 7.27. The fourth-order valence-corrected chi connectivity index (χ4v) is 2.40. The number of rotatable bonds is 2. The Morgan fingerprint density at radius 3 is 2.27 bits per heavy atom. The minimum Gasteiger partial charge on any atom is -0.493 e. The maximum absolute atomic E-state index is 5.38. The summed E-state index contributed by atoms with van der Waals surface area (Å²) < 4.78 is 11.8. The molecule has 0 heterocycles. The van der Waals surface area contributed by atoms with Crippen LogP contribution in [0.4, 0.5) is 0 Å². The number of fused-ring (bicyclic) bond motifs is 1. The van der Waals surface area contributed by atoms with Gasteiger partial charge < -0.3 is 9.47 Å². The smallest absolute Gasteiger partial charge is 0.168 e. The lowest BCUT2D eigenvalue weighted by Gasteiger charge is -2.11. The molecule has 0 radical (unpaired) electrons. The van der Waals surface area contributed by atoms with Gasteiger partial charge in [-0.3, -0.25) is 0 Å². The average molecular weight is 314 g/mol. The quantitative estimate of drug-likeness (QED) is 0.791. The molecule has 0 spiro atoms. The molecule has 0 amide bonds. The van der Waals surface area contributed by atoms with Crippen LogP contribution in [0.1, 0.15) is 0 Å². The van der Waals surface area contributed by atoms with Gasteiger partial charge in [0.2, 0.25) is 0 Å². The molecule has 3 heteroatoms. The summed E-state index contributed by atoms with van der Waals surface area (Å²) in [4.78, 5) is 0. The van der Waals surface area contributed by atoms with Crippen LogP contribution in [0.3, 0.4) is 0 Å². The highest BCUT2D eigenvalue weighted by Crippen LogP contribution is 2.37. The summed E-state index contributed by atoms with van der Waals surface area (Å²) >= 11 is 2.30. The van der Waals surface area contributed by atoms with Crippen molar-refractivity contribution in [2.24, 2.45) is 0 Å². The van der Waals surface area contributed by atoms with Gasteiger partial charge in [0.1, 0.15) is 0 Å². The highest BCUT2D eigenvalue weighted by atomic mass is 127. The molecule has 15 heavy (non-hydrogen) atoms. The van der Waals surface area contributed by atoms with Gasteiger partial charge >= 0.3 is 0 Å². The van der Waals surface area contributed by atoms with Crippen LogP contribution in [0.15, 0.2) is 30.3 Å². The zero-order chi connectivity index (χ0) is 10.8. The van der Waals surface area contributed by atoms with E-state index in [2.05, 4.69) is 28.7 Å². The molecule has 2 aromatic rings. The molecule has 0 unspecified atom stereocenters. The van der Waals surface area contributed by atoms with Crippen molar-refractivity contribution in [3.63, 3.8) is 0 Å². The van der Waals surface area contributed by atoms with Crippen molar-refractivity contribution >= 4 is 33.4 Å². The number of hydrogen-bond acceptors (Lipinski definition) is 2. The molecule has 0 N–H and O–H groups in total. The second-order valence-electron chi connectivity index (χ2n) is 3.14. The molecule has 2 rings (SSSR count). The lowest BCUT2D eigenvalue weighted by Crippen LogP contribution is -1.93. The van der Waals surface area contributed by atoms with Gasteiger partial charge in [0.05, 0.1) is 14.2 Å². The van der Waals surface area contributed by atoms with Crippen LogP contribution in [0.2, 0.25) is 0 Å². The van der Waals surface area contributed by atoms with E-state index in [4.69, 9.17) is 9.47 Å². The van der Waals surface area contributed by atoms with Gasteiger partial charge in [0.25, 0.3) is 0 Å². The Kier molecular flexibility index (Phi) is 3.00. The van der Waals surface area contributed by atoms with Gasteiger partial charge in [0.15, 0.2) is 11.5 Å². The molecule has 0 aliphatic carbocycles. The Morgan fingerprint density at radius 2 is 1.67 bits per heavy atom. The summed E-state index contributed by atoms with van der Waals surface area (Å²) in [6, 6.07) is 10.1. The second kappa shape index (κ2) is 4.26. The maximum Gasteiger partial charge on any atom is 0.168 e. The lowest BCUT2D eigenvalue weighted by atomic mass is 10.1. The van der Waals surface area contributed by atoms with Crippen molar-refractivity contribution in [2.75, 3.05) is 14.2 Å². The van der Waals surface area contributed by atoms with E-state index < -0.39 is 0 Å². The zero-order valence-electron chi connectivity index (χ0n) is 8.58. The molecular weight excluding hydrogens is 303 g/mol. The number of hydrogen-bond donors (Lipinski definition) is 0. The molecular formula is C12H11IO2. The van der Waals surface area contributed by atoms with E-state index >= 15 is 0 Å². The van der Waals surface area contributed by atoms with E-state index in [0.717, 1.165) is 16.9 Å². The summed E-state index contributed by atoms with van der Waals surface area (Å²) in [5, 5.41) is 2.28. The number of benzene rings is 2. The van der Waals surface area contributed by atoms with Crippen molar-refractivity contribution in [1.82, 2.24) is 0 Å². The van der Waals surface area contributed by atoms with Gasteiger partial charge in [-0.05, 0) is 34.0 Å². The Hall–Kier alpha value is -0.970. The molecule has 2 aromatic carbocycles. The molecule has 0 atom stereocenters. The maximum atomic E-state index is 5.38. The van der Waals surface area contributed by atoms with Crippen LogP contribution in [0.5, 0.6) is 11.5 Å². The molecule has 78 valence electrons. The third kappa shape index (κ3) is 1.76. The van der Waals surface area contributed by atoms with Crippen molar-refractivity contribution in [1.29, 1.82) is 0 Å². The fourth-order valence-electron chi connectivity index (χ4n) is 1.64. The largest absolute Gasteiger partial charge is 0.493 e. The fraction of sp³-hybridized carbons (Fsp3) is 0.167. The normalized spacial score (nSPS) is 10.3. The van der Waals surface area contributed by atoms with Crippen molar-refractivity contribution in [3.05, 3.63) is 33.9 Å². The molecule has 0 fully saturated rings. The van der Waals surface area contributed by atoms with Gasteiger partial charge in [-0.25, -0.2) is 0 Å². The van der Waals surface area contributed by atoms with Crippen LogP contribution in [0, 0.1) is 3.57 Å². The molecule has 0 saturated carbocycles. The van der Waals surface area contributed by atoms with E-state index in [1.807, 2.05) is 24.3 Å². The first-order valence-electron chi connectivity index (χ1n) is 4.57. The molecule has 0 aromatic heterocycles. The summed E-state index contributed by atoms with van der Waals surface area (Å²) in [7, 11) is 3.32. The minimum absolute atomic E-state index is 0.778. The molecule has 0 bridgehead atoms. The Labute approximate surface area is 102 Å². The summed E-state index contributed by atoms with van der Waals surface area (Å²) in [6.07, 6.45) is 0. The van der Waals surface area contributed by atoms with Crippen LogP contribution in [0.25, 0.3) is 10.8 Å². The second-order valence-corrected chi connectivity index (χ2v) is 4.30. The highest BCUT2D eigenvalue weighted by Gasteiger charge is 2.10. The summed E-state index contributed by atoms with van der Waals surface area (Å²) in [5.74, 6) is 1.58. The first-order valence-corrected chi connectivity index (χ1v) is 5.65. The third-order valence-corrected chi connectivity index (χ3v) is 3.23. The van der Waals surface area contributed by atoms with E-state index in [0.29, 0.717) is 0 Å². The molecule has 0 aliphatic rings. The van der Waals surface area contributed by atoms with Gasteiger partial charge in [-0.2, -0.15) is 0 Å². The van der Waals surface area contributed by atoms with Crippen LogP contribution >= 0.6 is 22.6 Å². The third-order valence-electron chi connectivity index (χ3n) is 2.33. The van der Waals surface area contributed by atoms with Crippen LogP contribution in [-0.2, 0) is 0 Å². The SMILES string of the molecule is COc1cc(I)c2ccccc2c1OC. The summed E-state index contributed by atoms with van der Waals surface area (Å²) in [6.45, 7) is 0. The Bertz CT molecular complexity index is 494. The van der Waals surface area contributed by atoms with E-state index in [9.17, 15) is 0 Å². The van der Waals surface area contributed by atoms with E-state index in [1.54, 1.807) is 14.2 Å². The van der Waals surface area contributed by atoms with Gasteiger partial charge in [-0.1, -0.05) is 24.3 Å². The van der Waals surface area contributed by atoms with Crippen LogP contribution in [-0.4, -0.2) is 14.2 Å². The standard InChI is InChI=1S/C12H11IO2/c1-14-11-7-10(13)8-5-3-4-6-9(8)12(11)15-2/h3-7H,1-2H3. The molecule has 2 nitrogen and oxygen atoms in total. The van der Waals surface area contributed by atoms with Crippen molar-refractivity contribution in [2.45, 2.75) is 0 Å². The monoisotopic (exact) mass is 314 g/mol. The predicted molar refractivity (Wildman–Crippen MR) is 69.8 cm³/mol. The average Bonchev–Trinajstić information content (AvgIpc) is 2.29. The molecule has 0 saturated heterocycles. The first kappa shape index (κ1) is 10.5. The van der Waals surface area contributed by atoms with Crippen molar-refractivity contribution < 1.29 is 9.47 Å². The molecule has 0 aliphatic heterocycles. The van der Waals surface area contributed by atoms with E-state index in [1.165, 1.54) is 8.96 Å². The lowest BCUT2D eigenvalue weighted by molar-refractivity contribution is 0.358. The van der Waals surface area contributed by atoms with Crippen LogP contribution < -0.4 is 9.47 Å². The minimum atomic E-state index is 0.778. The topological polar surface area (TPSA) is 18.5 Å². The van der Waals surface area contributed by atoms with E-state index in [-0.39, 0.29) is 0 Å². The highest BCUT2D eigenvalue weighted by molar-refractivity contribution is 14.1. The van der Waals surface area contributed by atoms with Crippen molar-refractivity contribution in [3.8, 4) is 11.5 Å². The Balaban J connectivity index is 2.85. The number of ether oxygens (including phenoxy) is 2. The summed E-state index contributed by atoms with van der Waals surface area (Å²) in [5.41, 5.74) is 0. The van der Waals surface area contributed by atoms with Gasteiger partial charge in [0, 0.05) is 8.96 Å². The number of methoxy groups -OCH3 is 2. The zero-order valence-corrected chi connectivity index (χ0v) is 10.7. The number of halogens is 1. The Morgan fingerprint density at radius 1 is 1.00 bits per heavy atom. The predicted octanol–water partition coefficient (Wildman–Crippen LogP) is 3.46.